The molecule has 2 heterocycles. The lowest BCUT2D eigenvalue weighted by Crippen LogP contribution is -2.33. The summed E-state index contributed by atoms with van der Waals surface area (Å²) in [7, 11) is 0. The summed E-state index contributed by atoms with van der Waals surface area (Å²) in [5, 5.41) is 6.98. The first-order valence-electron chi connectivity index (χ1n) is 5.98. The SMILES string of the molecule is O=C(C[C@@H]1NC(=O)NC1=O)Nc1nc2ccccc2[nH]1. The van der Waals surface area contributed by atoms with Gasteiger partial charge < -0.3 is 10.3 Å². The highest BCUT2D eigenvalue weighted by atomic mass is 16.2. The van der Waals surface area contributed by atoms with Crippen LogP contribution in [0.1, 0.15) is 6.42 Å². The number of para-hydroxylation sites is 2. The van der Waals surface area contributed by atoms with Crippen LogP contribution in [0.15, 0.2) is 24.3 Å². The number of rotatable bonds is 3. The standard InChI is InChI=1S/C12H11N5O3/c18-9(5-8-10(19)17-12(20)15-8)16-11-13-6-3-1-2-4-7(6)14-11/h1-4,8H,5H2,(H2,13,14,16,18)(H2,15,17,19,20)/t8-/m0/s1. The molecule has 0 spiro atoms. The number of fused-ring (bicyclic) bond motifs is 1. The molecule has 20 heavy (non-hydrogen) atoms. The third-order valence-electron chi connectivity index (χ3n) is 2.90. The van der Waals surface area contributed by atoms with Gasteiger partial charge in [0.05, 0.1) is 17.5 Å². The Morgan fingerprint density at radius 2 is 2.10 bits per heavy atom. The van der Waals surface area contributed by atoms with Crippen molar-refractivity contribution >= 4 is 34.8 Å². The lowest BCUT2D eigenvalue weighted by Gasteiger charge is -2.06. The van der Waals surface area contributed by atoms with E-state index in [-0.39, 0.29) is 6.42 Å². The van der Waals surface area contributed by atoms with Gasteiger partial charge in [0.25, 0.3) is 5.91 Å². The minimum Gasteiger partial charge on any atom is -0.325 e. The average molecular weight is 273 g/mol. The van der Waals surface area contributed by atoms with Gasteiger partial charge in [-0.25, -0.2) is 9.78 Å². The second-order valence-electron chi connectivity index (χ2n) is 4.37. The van der Waals surface area contributed by atoms with E-state index in [0.717, 1.165) is 11.0 Å². The van der Waals surface area contributed by atoms with Gasteiger partial charge in [-0.05, 0) is 12.1 Å². The molecule has 102 valence electrons. The van der Waals surface area contributed by atoms with E-state index in [4.69, 9.17) is 0 Å². The maximum atomic E-state index is 11.8. The molecule has 4 N–H and O–H groups in total. The number of hydrogen-bond donors (Lipinski definition) is 4. The minimum atomic E-state index is -0.841. The highest BCUT2D eigenvalue weighted by Gasteiger charge is 2.31. The first-order valence-corrected chi connectivity index (χ1v) is 5.98. The molecule has 4 amide bonds. The first-order chi connectivity index (χ1) is 9.61. The third kappa shape index (κ3) is 2.30. The van der Waals surface area contributed by atoms with Crippen LogP contribution < -0.4 is 16.0 Å². The summed E-state index contributed by atoms with van der Waals surface area (Å²) in [4.78, 5) is 41.2. The average Bonchev–Trinajstić information content (AvgIpc) is 2.92. The molecule has 2 aromatic rings. The van der Waals surface area contributed by atoms with Gasteiger partial charge >= 0.3 is 6.03 Å². The van der Waals surface area contributed by atoms with Gasteiger partial charge in [-0.1, -0.05) is 12.1 Å². The van der Waals surface area contributed by atoms with E-state index in [1.54, 1.807) is 0 Å². The Kier molecular flexibility index (Phi) is 2.82. The molecular weight excluding hydrogens is 262 g/mol. The number of anilines is 1. The van der Waals surface area contributed by atoms with Crippen molar-refractivity contribution in [3.8, 4) is 0 Å². The molecule has 1 fully saturated rings. The summed E-state index contributed by atoms with van der Waals surface area (Å²) in [6.45, 7) is 0. The molecule has 1 aromatic heterocycles. The van der Waals surface area contributed by atoms with Gasteiger partial charge in [0.1, 0.15) is 6.04 Å². The van der Waals surface area contributed by atoms with Crippen LogP contribution in [0.25, 0.3) is 11.0 Å². The Balaban J connectivity index is 1.66. The molecular formula is C12H11N5O3. The Morgan fingerprint density at radius 3 is 2.80 bits per heavy atom. The molecule has 0 saturated carbocycles. The predicted octanol–water partition coefficient (Wildman–Crippen LogP) is 0.0995. The number of imidazole rings is 1. The molecule has 0 unspecified atom stereocenters. The number of urea groups is 1. The molecule has 0 radical (unpaired) electrons. The second kappa shape index (κ2) is 4.65. The Bertz CT molecular complexity index is 675. The minimum absolute atomic E-state index is 0.144. The fourth-order valence-corrected chi connectivity index (χ4v) is 1.98. The van der Waals surface area contributed by atoms with Crippen LogP contribution in [-0.2, 0) is 9.59 Å². The number of aromatic nitrogens is 2. The molecule has 8 heteroatoms. The molecule has 3 rings (SSSR count). The molecule has 1 aromatic carbocycles. The highest BCUT2D eigenvalue weighted by Crippen LogP contribution is 2.13. The van der Waals surface area contributed by atoms with E-state index in [1.165, 1.54) is 0 Å². The van der Waals surface area contributed by atoms with E-state index in [2.05, 4.69) is 25.9 Å². The smallest absolute Gasteiger partial charge is 0.322 e. The quantitative estimate of drug-likeness (QED) is 0.593. The van der Waals surface area contributed by atoms with Crippen molar-refractivity contribution in [2.75, 3.05) is 5.32 Å². The molecule has 1 atom stereocenters. The van der Waals surface area contributed by atoms with E-state index in [9.17, 15) is 14.4 Å². The summed E-state index contributed by atoms with van der Waals surface area (Å²) in [5.41, 5.74) is 1.53. The first kappa shape index (κ1) is 12.2. The zero-order chi connectivity index (χ0) is 14.1. The summed E-state index contributed by atoms with van der Waals surface area (Å²) < 4.78 is 0. The normalized spacial score (nSPS) is 17.9. The van der Waals surface area contributed by atoms with Crippen LogP contribution in [0, 0.1) is 0 Å². The Labute approximate surface area is 112 Å². The number of carbonyl (C=O) groups excluding carboxylic acids is 3. The van der Waals surface area contributed by atoms with Crippen LogP contribution in [0.4, 0.5) is 10.7 Å². The largest absolute Gasteiger partial charge is 0.325 e. The number of benzene rings is 1. The molecule has 1 aliphatic heterocycles. The molecule has 8 nitrogen and oxygen atoms in total. The maximum absolute atomic E-state index is 11.8. The number of amides is 4. The molecule has 1 aliphatic rings. The number of carbonyl (C=O) groups is 3. The predicted molar refractivity (Wildman–Crippen MR) is 69.8 cm³/mol. The van der Waals surface area contributed by atoms with Crippen molar-refractivity contribution in [2.24, 2.45) is 0 Å². The van der Waals surface area contributed by atoms with Gasteiger partial charge in [-0.3, -0.25) is 20.2 Å². The number of aromatic amines is 1. The summed E-state index contributed by atoms with van der Waals surface area (Å²) >= 11 is 0. The lowest BCUT2D eigenvalue weighted by molar-refractivity contribution is -0.124. The van der Waals surface area contributed by atoms with E-state index in [0.29, 0.717) is 5.95 Å². The summed E-state index contributed by atoms with van der Waals surface area (Å²) in [6.07, 6.45) is -0.144. The van der Waals surface area contributed by atoms with Crippen molar-refractivity contribution in [1.29, 1.82) is 0 Å². The van der Waals surface area contributed by atoms with Crippen molar-refractivity contribution in [3.05, 3.63) is 24.3 Å². The molecule has 0 bridgehead atoms. The van der Waals surface area contributed by atoms with Crippen LogP contribution in [0.3, 0.4) is 0 Å². The fraction of sp³-hybridized carbons (Fsp3) is 0.167. The van der Waals surface area contributed by atoms with Crippen molar-refractivity contribution in [3.63, 3.8) is 0 Å². The maximum Gasteiger partial charge on any atom is 0.322 e. The zero-order valence-electron chi connectivity index (χ0n) is 10.3. The van der Waals surface area contributed by atoms with E-state index in [1.807, 2.05) is 24.3 Å². The van der Waals surface area contributed by atoms with Crippen molar-refractivity contribution < 1.29 is 14.4 Å². The highest BCUT2D eigenvalue weighted by molar-refractivity contribution is 6.06. The third-order valence-corrected chi connectivity index (χ3v) is 2.90. The topological polar surface area (TPSA) is 116 Å². The van der Waals surface area contributed by atoms with Crippen molar-refractivity contribution in [2.45, 2.75) is 12.5 Å². The van der Waals surface area contributed by atoms with E-state index < -0.39 is 23.9 Å². The summed E-state index contributed by atoms with van der Waals surface area (Å²) in [6, 6.07) is 5.91. The number of hydrogen-bond acceptors (Lipinski definition) is 4. The number of imide groups is 1. The van der Waals surface area contributed by atoms with Gasteiger partial charge in [0.2, 0.25) is 11.9 Å². The van der Waals surface area contributed by atoms with Crippen LogP contribution in [-0.4, -0.2) is 33.9 Å². The van der Waals surface area contributed by atoms with Crippen LogP contribution >= 0.6 is 0 Å². The van der Waals surface area contributed by atoms with Crippen molar-refractivity contribution in [1.82, 2.24) is 20.6 Å². The zero-order valence-corrected chi connectivity index (χ0v) is 10.3. The van der Waals surface area contributed by atoms with Gasteiger partial charge in [0.15, 0.2) is 0 Å². The van der Waals surface area contributed by atoms with Gasteiger partial charge in [-0.15, -0.1) is 0 Å². The second-order valence-corrected chi connectivity index (χ2v) is 4.37. The van der Waals surface area contributed by atoms with E-state index >= 15 is 0 Å². The number of nitrogens with one attached hydrogen (secondary N) is 4. The van der Waals surface area contributed by atoms with Crippen LogP contribution in [0.2, 0.25) is 0 Å². The number of nitrogens with zero attached hydrogens (tertiary/aromatic N) is 1. The lowest BCUT2D eigenvalue weighted by atomic mass is 10.2. The fourth-order valence-electron chi connectivity index (χ4n) is 1.98. The van der Waals surface area contributed by atoms with Crippen LogP contribution in [0.5, 0.6) is 0 Å². The Hall–Kier alpha value is -2.90. The summed E-state index contributed by atoms with van der Waals surface area (Å²) in [5.74, 6) is -0.609. The van der Waals surface area contributed by atoms with Gasteiger partial charge in [0, 0.05) is 0 Å². The molecule has 0 aliphatic carbocycles. The number of H-pyrrole nitrogens is 1. The Morgan fingerprint density at radius 1 is 1.30 bits per heavy atom. The monoisotopic (exact) mass is 273 g/mol. The van der Waals surface area contributed by atoms with Gasteiger partial charge in [-0.2, -0.15) is 0 Å². The molecule has 1 saturated heterocycles.